The van der Waals surface area contributed by atoms with Gasteiger partial charge in [-0.1, -0.05) is 18.2 Å². The maximum Gasteiger partial charge on any atom is 0.121 e. The van der Waals surface area contributed by atoms with E-state index in [-0.39, 0.29) is 6.61 Å². The molecule has 2 aromatic carbocycles. The van der Waals surface area contributed by atoms with Gasteiger partial charge in [-0.05, 0) is 49.1 Å². The summed E-state index contributed by atoms with van der Waals surface area (Å²) in [5, 5.41) is 21.0. The number of nitrogens with one attached hydrogen (secondary N) is 1. The summed E-state index contributed by atoms with van der Waals surface area (Å²) in [4.78, 5) is 0. The van der Waals surface area contributed by atoms with Crippen LogP contribution >= 0.6 is 0 Å². The molecule has 0 unspecified atom stereocenters. The molecule has 0 fully saturated rings. The fourth-order valence-corrected chi connectivity index (χ4v) is 2.24. The minimum atomic E-state index is 0.260. The fraction of sp³-hybridized carbons (Fsp3) is 0.316. The van der Waals surface area contributed by atoms with Gasteiger partial charge in [0.2, 0.25) is 0 Å². The molecule has 0 aromatic heterocycles. The number of benzene rings is 2. The Kier molecular flexibility index (Phi) is 6.96. The van der Waals surface area contributed by atoms with Crippen molar-refractivity contribution in [2.75, 3.05) is 18.5 Å². The smallest absolute Gasteiger partial charge is 0.121 e. The van der Waals surface area contributed by atoms with Crippen molar-refractivity contribution in [3.8, 4) is 11.8 Å². The molecular weight excluding hydrogens is 288 g/mol. The second-order valence-corrected chi connectivity index (χ2v) is 5.34. The van der Waals surface area contributed by atoms with E-state index in [1.165, 1.54) is 0 Å². The Morgan fingerprint density at radius 2 is 1.91 bits per heavy atom. The number of nitrogens with zero attached hydrogens (tertiary/aromatic N) is 1. The van der Waals surface area contributed by atoms with Crippen molar-refractivity contribution in [3.05, 3.63) is 59.7 Å². The summed E-state index contributed by atoms with van der Waals surface area (Å²) < 4.78 is 5.79. The lowest BCUT2D eigenvalue weighted by Crippen LogP contribution is -2.02. The maximum absolute atomic E-state index is 8.91. The molecule has 2 N–H and O–H groups in total. The largest absolute Gasteiger partial charge is 0.489 e. The van der Waals surface area contributed by atoms with E-state index in [0.29, 0.717) is 12.2 Å². The maximum atomic E-state index is 8.91. The molecule has 23 heavy (non-hydrogen) atoms. The summed E-state index contributed by atoms with van der Waals surface area (Å²) in [5.41, 5.74) is 2.65. The van der Waals surface area contributed by atoms with E-state index in [9.17, 15) is 0 Å². The quantitative estimate of drug-likeness (QED) is 0.693. The van der Waals surface area contributed by atoms with Crippen molar-refractivity contribution in [2.45, 2.75) is 25.9 Å². The van der Waals surface area contributed by atoms with Crippen LogP contribution in [0.15, 0.2) is 48.5 Å². The molecular formula is C19H22N2O2. The molecule has 4 nitrogen and oxygen atoms in total. The van der Waals surface area contributed by atoms with Crippen LogP contribution in [0, 0.1) is 11.3 Å². The fourth-order valence-electron chi connectivity index (χ4n) is 2.24. The van der Waals surface area contributed by atoms with E-state index < -0.39 is 0 Å². The number of hydrogen-bond donors (Lipinski definition) is 2. The van der Waals surface area contributed by atoms with Crippen molar-refractivity contribution >= 4 is 5.69 Å². The highest BCUT2D eigenvalue weighted by molar-refractivity contribution is 5.48. The molecule has 0 saturated carbocycles. The zero-order valence-electron chi connectivity index (χ0n) is 13.2. The first-order chi connectivity index (χ1) is 11.3. The van der Waals surface area contributed by atoms with Gasteiger partial charge in [0.15, 0.2) is 0 Å². The second kappa shape index (κ2) is 9.50. The molecule has 0 atom stereocenters. The number of nitriles is 1. The highest BCUT2D eigenvalue weighted by Gasteiger charge is 2.00. The van der Waals surface area contributed by atoms with Gasteiger partial charge in [-0.2, -0.15) is 5.26 Å². The molecule has 0 aliphatic heterocycles. The molecule has 0 radical (unpaired) electrons. The number of ether oxygens (including phenoxy) is 1. The molecule has 2 rings (SSSR count). The summed E-state index contributed by atoms with van der Waals surface area (Å²) in [6.45, 7) is 1.58. The first-order valence-electron chi connectivity index (χ1n) is 7.88. The Balaban J connectivity index is 1.83. The number of anilines is 1. The summed E-state index contributed by atoms with van der Waals surface area (Å²) in [6.07, 6.45) is 2.91. The van der Waals surface area contributed by atoms with Crippen LogP contribution < -0.4 is 10.1 Å². The van der Waals surface area contributed by atoms with E-state index in [0.717, 1.165) is 42.8 Å². The number of aliphatic hydroxyl groups is 1. The van der Waals surface area contributed by atoms with E-state index in [1.54, 1.807) is 6.07 Å². The summed E-state index contributed by atoms with van der Waals surface area (Å²) in [6, 6.07) is 17.4. The molecule has 2 aromatic rings. The molecule has 0 aliphatic rings. The van der Waals surface area contributed by atoms with Gasteiger partial charge in [-0.3, -0.25) is 0 Å². The van der Waals surface area contributed by atoms with Crippen molar-refractivity contribution in [3.63, 3.8) is 0 Å². The Hall–Kier alpha value is -2.51. The standard InChI is InChI=1S/C19H22N2O2/c20-14-16-6-4-7-17(12-16)15-23-19-9-5-8-18(13-19)21-10-2-1-3-11-22/h4-9,12-13,21-22H,1-3,10-11,15H2. The van der Waals surface area contributed by atoms with Crippen LogP contribution in [0.5, 0.6) is 5.75 Å². The molecule has 0 heterocycles. The predicted molar refractivity (Wildman–Crippen MR) is 91.4 cm³/mol. The molecule has 0 aliphatic carbocycles. The number of hydrogen-bond acceptors (Lipinski definition) is 4. The minimum absolute atomic E-state index is 0.260. The molecule has 0 bridgehead atoms. The summed E-state index contributed by atoms with van der Waals surface area (Å²) in [7, 11) is 0. The number of aliphatic hydroxyl groups excluding tert-OH is 1. The average Bonchev–Trinajstić information content (AvgIpc) is 2.60. The third-order valence-electron chi connectivity index (χ3n) is 3.46. The van der Waals surface area contributed by atoms with E-state index in [1.807, 2.05) is 42.5 Å². The topological polar surface area (TPSA) is 65.3 Å². The Labute approximate surface area is 137 Å². The lowest BCUT2D eigenvalue weighted by Gasteiger charge is -2.10. The zero-order chi connectivity index (χ0) is 16.3. The molecule has 0 saturated heterocycles. The molecule has 120 valence electrons. The van der Waals surface area contributed by atoms with Crippen LogP contribution in [0.25, 0.3) is 0 Å². The highest BCUT2D eigenvalue weighted by Crippen LogP contribution is 2.19. The number of rotatable bonds is 9. The Morgan fingerprint density at radius 3 is 2.74 bits per heavy atom. The van der Waals surface area contributed by atoms with Gasteiger partial charge < -0.3 is 15.2 Å². The van der Waals surface area contributed by atoms with Gasteiger partial charge in [-0.15, -0.1) is 0 Å². The Bertz CT molecular complexity index is 650. The monoisotopic (exact) mass is 310 g/mol. The third-order valence-corrected chi connectivity index (χ3v) is 3.46. The van der Waals surface area contributed by atoms with Crippen LogP contribution in [0.2, 0.25) is 0 Å². The van der Waals surface area contributed by atoms with Crippen molar-refractivity contribution < 1.29 is 9.84 Å². The van der Waals surface area contributed by atoms with Crippen molar-refractivity contribution in [1.29, 1.82) is 5.26 Å². The van der Waals surface area contributed by atoms with Gasteiger partial charge in [0.25, 0.3) is 0 Å². The first-order valence-corrected chi connectivity index (χ1v) is 7.88. The van der Waals surface area contributed by atoms with Crippen molar-refractivity contribution in [1.82, 2.24) is 0 Å². The Morgan fingerprint density at radius 1 is 1.04 bits per heavy atom. The zero-order valence-corrected chi connectivity index (χ0v) is 13.2. The highest BCUT2D eigenvalue weighted by atomic mass is 16.5. The van der Waals surface area contributed by atoms with Gasteiger partial charge in [-0.25, -0.2) is 0 Å². The third kappa shape index (κ3) is 6.01. The summed E-state index contributed by atoms with van der Waals surface area (Å²) >= 11 is 0. The van der Waals surface area contributed by atoms with Gasteiger partial charge >= 0.3 is 0 Å². The SMILES string of the molecule is N#Cc1cccc(COc2cccc(NCCCCCO)c2)c1. The van der Waals surface area contributed by atoms with Crippen LogP contribution in [0.4, 0.5) is 5.69 Å². The van der Waals surface area contributed by atoms with E-state index >= 15 is 0 Å². The van der Waals surface area contributed by atoms with Crippen LogP contribution in [0.1, 0.15) is 30.4 Å². The van der Waals surface area contributed by atoms with E-state index in [2.05, 4.69) is 11.4 Å². The van der Waals surface area contributed by atoms with Crippen LogP contribution in [0.3, 0.4) is 0 Å². The first kappa shape index (κ1) is 16.9. The lowest BCUT2D eigenvalue weighted by molar-refractivity contribution is 0.283. The van der Waals surface area contributed by atoms with Crippen LogP contribution in [-0.4, -0.2) is 18.3 Å². The van der Waals surface area contributed by atoms with Gasteiger partial charge in [0, 0.05) is 24.9 Å². The summed E-state index contributed by atoms with van der Waals surface area (Å²) in [5.74, 6) is 0.799. The van der Waals surface area contributed by atoms with Crippen LogP contribution in [-0.2, 0) is 6.61 Å². The number of unbranched alkanes of at least 4 members (excludes halogenated alkanes) is 2. The molecule has 4 heteroatoms. The van der Waals surface area contributed by atoms with E-state index in [4.69, 9.17) is 15.1 Å². The van der Waals surface area contributed by atoms with Crippen molar-refractivity contribution in [2.24, 2.45) is 0 Å². The molecule has 0 amide bonds. The van der Waals surface area contributed by atoms with Gasteiger partial charge in [0.1, 0.15) is 12.4 Å². The lowest BCUT2D eigenvalue weighted by atomic mass is 10.1. The second-order valence-electron chi connectivity index (χ2n) is 5.34. The minimum Gasteiger partial charge on any atom is -0.489 e. The predicted octanol–water partition coefficient (Wildman–Crippen LogP) is 3.71. The van der Waals surface area contributed by atoms with Gasteiger partial charge in [0.05, 0.1) is 11.6 Å². The normalized spacial score (nSPS) is 10.1. The molecule has 0 spiro atoms. The average molecular weight is 310 g/mol.